The lowest BCUT2D eigenvalue weighted by molar-refractivity contribution is -0.144. The first-order chi connectivity index (χ1) is 16.7. The molecule has 0 saturated heterocycles. The fourth-order valence-corrected chi connectivity index (χ4v) is 3.88. The van der Waals surface area contributed by atoms with Gasteiger partial charge in [-0.15, -0.1) is 0 Å². The van der Waals surface area contributed by atoms with E-state index in [1.807, 2.05) is 32.0 Å². The summed E-state index contributed by atoms with van der Waals surface area (Å²) in [5.41, 5.74) is 4.25. The van der Waals surface area contributed by atoms with Gasteiger partial charge < -0.3 is 24.6 Å². The Morgan fingerprint density at radius 1 is 1.03 bits per heavy atom. The normalized spacial score (nSPS) is 11.5. The summed E-state index contributed by atoms with van der Waals surface area (Å²) in [6.45, 7) is 5.20. The second-order valence-corrected chi connectivity index (χ2v) is 8.32. The number of phenolic OH excluding ortho intramolecular Hbond substituents is 1. The molecule has 0 aliphatic rings. The number of ether oxygens (including phenoxy) is 3. The van der Waals surface area contributed by atoms with Gasteiger partial charge in [-0.1, -0.05) is 18.2 Å². The number of rotatable bonds is 9. The van der Waals surface area contributed by atoms with Gasteiger partial charge in [0.2, 0.25) is 11.8 Å². The lowest BCUT2D eigenvalue weighted by Gasteiger charge is -2.18. The molecular weight excluding hydrogens is 448 g/mol. The summed E-state index contributed by atoms with van der Waals surface area (Å²) in [6.07, 6.45) is 2.49. The zero-order chi connectivity index (χ0) is 25.5. The number of aryl methyl sites for hydroxylation is 2. The van der Waals surface area contributed by atoms with Gasteiger partial charge in [0.1, 0.15) is 23.3 Å². The number of pyridine rings is 1. The number of nitrogens with one attached hydrogen (secondary N) is 1. The quantitative estimate of drug-likeness (QED) is 0.448. The molecule has 2 N–H and O–H groups in total. The average molecular weight is 479 g/mol. The standard InChI is InChI=1S/C27H30N2O6/c1-16-10-20(13-23(27(32)34-5)29-18(3)30)11-17(2)26(16)35-22-7-8-24(31)21(14-22)12-19-6-9-25(33-4)28-15-19/h6-11,14-15,23,31H,12-13H2,1-5H3,(H,29,30). The van der Waals surface area contributed by atoms with Gasteiger partial charge in [-0.2, -0.15) is 0 Å². The highest BCUT2D eigenvalue weighted by atomic mass is 16.5. The van der Waals surface area contributed by atoms with E-state index in [1.54, 1.807) is 37.6 Å². The fourth-order valence-electron chi connectivity index (χ4n) is 3.88. The van der Waals surface area contributed by atoms with Crippen molar-refractivity contribution in [1.29, 1.82) is 0 Å². The molecule has 0 radical (unpaired) electrons. The maximum absolute atomic E-state index is 12.1. The van der Waals surface area contributed by atoms with Crippen LogP contribution in [0.1, 0.15) is 34.7 Å². The molecule has 0 spiro atoms. The van der Waals surface area contributed by atoms with E-state index in [0.717, 1.165) is 22.3 Å². The summed E-state index contributed by atoms with van der Waals surface area (Å²) in [5, 5.41) is 13.0. The van der Waals surface area contributed by atoms with Gasteiger partial charge in [-0.3, -0.25) is 4.79 Å². The highest BCUT2D eigenvalue weighted by Gasteiger charge is 2.21. The van der Waals surface area contributed by atoms with E-state index in [2.05, 4.69) is 10.3 Å². The van der Waals surface area contributed by atoms with Crippen molar-refractivity contribution in [1.82, 2.24) is 10.3 Å². The molecule has 0 saturated carbocycles. The van der Waals surface area contributed by atoms with Crippen LogP contribution in [0.5, 0.6) is 23.1 Å². The van der Waals surface area contributed by atoms with Crippen LogP contribution in [0.25, 0.3) is 0 Å². The summed E-state index contributed by atoms with van der Waals surface area (Å²) in [4.78, 5) is 27.8. The van der Waals surface area contributed by atoms with Crippen molar-refractivity contribution in [2.45, 2.75) is 39.7 Å². The highest BCUT2D eigenvalue weighted by Crippen LogP contribution is 2.33. The second-order valence-electron chi connectivity index (χ2n) is 8.32. The molecule has 0 aliphatic carbocycles. The molecule has 3 rings (SSSR count). The van der Waals surface area contributed by atoms with E-state index >= 15 is 0 Å². The molecule has 8 nitrogen and oxygen atoms in total. The molecule has 1 amide bonds. The number of amides is 1. The van der Waals surface area contributed by atoms with Crippen molar-refractivity contribution in [3.05, 3.63) is 76.5 Å². The molecule has 35 heavy (non-hydrogen) atoms. The van der Waals surface area contributed by atoms with Gasteiger partial charge in [0.15, 0.2) is 0 Å². The van der Waals surface area contributed by atoms with E-state index < -0.39 is 12.0 Å². The number of nitrogens with zero attached hydrogens (tertiary/aromatic N) is 1. The highest BCUT2D eigenvalue weighted by molar-refractivity contribution is 5.83. The lowest BCUT2D eigenvalue weighted by atomic mass is 10.00. The third-order valence-electron chi connectivity index (χ3n) is 5.50. The van der Waals surface area contributed by atoms with Gasteiger partial charge in [0, 0.05) is 37.6 Å². The number of phenols is 1. The SMILES string of the molecule is COC(=O)C(Cc1cc(C)c(Oc2ccc(O)c(Cc3ccc(OC)nc3)c2)c(C)c1)NC(C)=O. The summed E-state index contributed by atoms with van der Waals surface area (Å²) in [7, 11) is 2.85. The van der Waals surface area contributed by atoms with Gasteiger partial charge >= 0.3 is 5.97 Å². The molecule has 1 atom stereocenters. The van der Waals surface area contributed by atoms with Crippen LogP contribution < -0.4 is 14.8 Å². The van der Waals surface area contributed by atoms with Crippen LogP contribution in [-0.4, -0.2) is 42.2 Å². The van der Waals surface area contributed by atoms with E-state index in [1.165, 1.54) is 14.0 Å². The first kappa shape index (κ1) is 25.6. The molecule has 0 fully saturated rings. The van der Waals surface area contributed by atoms with Gasteiger partial charge in [-0.25, -0.2) is 9.78 Å². The van der Waals surface area contributed by atoms with E-state index in [4.69, 9.17) is 14.2 Å². The Bertz CT molecular complexity index is 1180. The number of aromatic hydroxyl groups is 1. The van der Waals surface area contributed by atoms with Crippen LogP contribution >= 0.6 is 0 Å². The van der Waals surface area contributed by atoms with Crippen molar-refractivity contribution in [2.24, 2.45) is 0 Å². The van der Waals surface area contributed by atoms with Crippen LogP contribution in [0.3, 0.4) is 0 Å². The Hall–Kier alpha value is -4.07. The maximum Gasteiger partial charge on any atom is 0.328 e. The number of hydrogen-bond acceptors (Lipinski definition) is 7. The molecule has 0 aliphatic heterocycles. The molecule has 1 unspecified atom stereocenters. The predicted molar refractivity (Wildman–Crippen MR) is 131 cm³/mol. The molecular formula is C27H30N2O6. The third-order valence-corrected chi connectivity index (χ3v) is 5.50. The molecule has 184 valence electrons. The van der Waals surface area contributed by atoms with Crippen LogP contribution in [-0.2, 0) is 27.2 Å². The van der Waals surface area contributed by atoms with Gasteiger partial charge in [0.05, 0.1) is 14.2 Å². The number of carbonyl (C=O) groups excluding carboxylic acids is 2. The second kappa shape index (κ2) is 11.4. The predicted octanol–water partition coefficient (Wildman–Crippen LogP) is 4.02. The van der Waals surface area contributed by atoms with Crippen LogP contribution in [0, 0.1) is 13.8 Å². The van der Waals surface area contributed by atoms with E-state index in [9.17, 15) is 14.7 Å². The van der Waals surface area contributed by atoms with Crippen molar-refractivity contribution in [2.75, 3.05) is 14.2 Å². The van der Waals surface area contributed by atoms with Crippen molar-refractivity contribution in [3.8, 4) is 23.1 Å². The number of carbonyl (C=O) groups is 2. The van der Waals surface area contributed by atoms with Crippen LogP contribution in [0.2, 0.25) is 0 Å². The average Bonchev–Trinajstić information content (AvgIpc) is 2.82. The number of methoxy groups -OCH3 is 2. The molecule has 0 bridgehead atoms. The minimum atomic E-state index is -0.768. The van der Waals surface area contributed by atoms with Crippen LogP contribution in [0.15, 0.2) is 48.7 Å². The number of benzene rings is 2. The topological polar surface area (TPSA) is 107 Å². The Morgan fingerprint density at radius 3 is 2.31 bits per heavy atom. The minimum Gasteiger partial charge on any atom is -0.508 e. The fraction of sp³-hybridized carbons (Fsp3) is 0.296. The number of aromatic nitrogens is 1. The number of hydrogen-bond donors (Lipinski definition) is 2. The molecule has 1 heterocycles. The summed E-state index contributed by atoms with van der Waals surface area (Å²) in [6, 6.07) is 11.9. The summed E-state index contributed by atoms with van der Waals surface area (Å²) < 4.78 is 16.1. The summed E-state index contributed by atoms with van der Waals surface area (Å²) >= 11 is 0. The molecule has 3 aromatic rings. The summed E-state index contributed by atoms with van der Waals surface area (Å²) in [5.74, 6) is 1.17. The van der Waals surface area contributed by atoms with Crippen molar-refractivity contribution < 1.29 is 28.9 Å². The van der Waals surface area contributed by atoms with Crippen LogP contribution in [0.4, 0.5) is 0 Å². The van der Waals surface area contributed by atoms with Crippen molar-refractivity contribution in [3.63, 3.8) is 0 Å². The largest absolute Gasteiger partial charge is 0.508 e. The van der Waals surface area contributed by atoms with Gasteiger partial charge in [-0.05, 0) is 54.3 Å². The van der Waals surface area contributed by atoms with E-state index in [0.29, 0.717) is 35.8 Å². The molecule has 8 heteroatoms. The molecule has 2 aromatic carbocycles. The Labute approximate surface area is 204 Å². The Morgan fingerprint density at radius 2 is 1.74 bits per heavy atom. The Balaban J connectivity index is 1.80. The zero-order valence-electron chi connectivity index (χ0n) is 20.5. The first-order valence-corrected chi connectivity index (χ1v) is 11.1. The monoisotopic (exact) mass is 478 g/mol. The van der Waals surface area contributed by atoms with Gasteiger partial charge in [0.25, 0.3) is 0 Å². The number of esters is 1. The maximum atomic E-state index is 12.1. The Kier molecular flexibility index (Phi) is 8.30. The lowest BCUT2D eigenvalue weighted by Crippen LogP contribution is -2.42. The molecule has 1 aromatic heterocycles. The first-order valence-electron chi connectivity index (χ1n) is 11.1. The smallest absolute Gasteiger partial charge is 0.328 e. The zero-order valence-corrected chi connectivity index (χ0v) is 20.5. The van der Waals surface area contributed by atoms with E-state index in [-0.39, 0.29) is 11.7 Å². The third kappa shape index (κ3) is 6.72. The van der Waals surface area contributed by atoms with Crippen molar-refractivity contribution >= 4 is 11.9 Å². The minimum absolute atomic E-state index is 0.170.